The fraction of sp³-hybridized carbons (Fsp3) is 0.450. The Morgan fingerprint density at radius 3 is 2.93 bits per heavy atom. The average molecular weight is 421 g/mol. The van der Waals surface area contributed by atoms with Gasteiger partial charge < -0.3 is 15.3 Å². The summed E-state index contributed by atoms with van der Waals surface area (Å²) >= 11 is 2.63. The topological polar surface area (TPSA) is 82.3 Å². The van der Waals surface area contributed by atoms with Crippen LogP contribution < -0.4 is 10.0 Å². The number of amides is 1. The summed E-state index contributed by atoms with van der Waals surface area (Å²) in [7, 11) is 0. The minimum absolute atomic E-state index is 0.0872. The summed E-state index contributed by atoms with van der Waals surface area (Å²) in [5.74, 6) is 0.0125. The highest BCUT2D eigenvalue weighted by Crippen LogP contribution is 2.40. The molecule has 6 nitrogen and oxygen atoms in total. The number of nitrogens with zero attached hydrogens (tertiary/aromatic N) is 1. The zero-order valence-corrected chi connectivity index (χ0v) is 17.8. The number of rotatable bonds is 6. The van der Waals surface area contributed by atoms with E-state index in [1.54, 1.807) is 18.2 Å². The number of carbonyl (C=O) groups is 2. The number of thiophene rings is 1. The molecule has 0 aromatic carbocycles. The third-order valence-electron chi connectivity index (χ3n) is 4.45. The highest BCUT2D eigenvalue weighted by Gasteiger charge is 2.29. The van der Waals surface area contributed by atoms with Gasteiger partial charge in [-0.1, -0.05) is 6.92 Å². The van der Waals surface area contributed by atoms with Gasteiger partial charge in [-0.3, -0.25) is 4.79 Å². The molecule has 0 fully saturated rings. The van der Waals surface area contributed by atoms with Crippen molar-refractivity contribution in [3.05, 3.63) is 45.6 Å². The van der Waals surface area contributed by atoms with Crippen molar-refractivity contribution in [1.29, 1.82) is 0 Å². The molecule has 1 aliphatic carbocycles. The van der Waals surface area contributed by atoms with E-state index in [2.05, 4.69) is 12.2 Å². The Morgan fingerprint density at radius 2 is 2.21 bits per heavy atom. The monoisotopic (exact) mass is 420 g/mol. The van der Waals surface area contributed by atoms with Crippen LogP contribution in [0.5, 0.6) is 0 Å². The van der Waals surface area contributed by atoms with Gasteiger partial charge >= 0.3 is 5.97 Å². The zero-order chi connectivity index (χ0) is 20.3. The molecule has 0 radical (unpaired) electrons. The molecule has 28 heavy (non-hydrogen) atoms. The molecule has 2 aromatic rings. The third-order valence-corrected chi connectivity index (χ3v) is 6.64. The molecule has 0 spiro atoms. The van der Waals surface area contributed by atoms with Crippen molar-refractivity contribution in [2.45, 2.75) is 51.2 Å². The molecule has 0 unspecified atom stereocenters. The molecule has 1 N–H and O–H groups in total. The van der Waals surface area contributed by atoms with Gasteiger partial charge in [-0.05, 0) is 62.4 Å². The highest BCUT2D eigenvalue weighted by molar-refractivity contribution is 7.99. The second-order valence-corrected chi connectivity index (χ2v) is 9.31. The number of carbonyl (C=O) groups excluding carboxylic acids is 2. The summed E-state index contributed by atoms with van der Waals surface area (Å²) in [6, 6.07) is 5.06. The maximum Gasteiger partial charge on any atom is 0.341 e. The van der Waals surface area contributed by atoms with E-state index >= 15 is 0 Å². The maximum absolute atomic E-state index is 12.7. The van der Waals surface area contributed by atoms with Crippen LogP contribution in [-0.4, -0.2) is 23.7 Å². The Bertz CT molecular complexity index is 879. The Labute approximate surface area is 172 Å². The van der Waals surface area contributed by atoms with Crippen LogP contribution in [0.4, 0.5) is 5.00 Å². The standard InChI is InChI=1S/C20H24N2O4S2/c1-12(2)26-20(24)18-14-8-7-13(3)10-15(14)28-19(18)21-16(23)11-27-17-6-4-5-9-22(17)25/h4-6,9,12-13H,7-8,10-11H2,1-3H3,(H,21,23)/t13-/m0/s1. The zero-order valence-electron chi connectivity index (χ0n) is 16.2. The SMILES string of the molecule is CC(C)OC(=O)c1c(NC(=O)CSc2cccc[n+]2[O-])sc2c1CC[C@H](C)C2. The van der Waals surface area contributed by atoms with E-state index in [1.807, 2.05) is 13.8 Å². The van der Waals surface area contributed by atoms with Crippen LogP contribution in [0.3, 0.4) is 0 Å². The van der Waals surface area contributed by atoms with E-state index in [-0.39, 0.29) is 23.7 Å². The maximum atomic E-state index is 12.7. The molecule has 0 saturated heterocycles. The van der Waals surface area contributed by atoms with Crippen molar-refractivity contribution in [1.82, 2.24) is 0 Å². The molecule has 8 heteroatoms. The van der Waals surface area contributed by atoms with E-state index in [4.69, 9.17) is 4.74 Å². The van der Waals surface area contributed by atoms with Gasteiger partial charge in [0.25, 0.3) is 5.03 Å². The van der Waals surface area contributed by atoms with Crippen LogP contribution in [0.25, 0.3) is 0 Å². The van der Waals surface area contributed by atoms with Crippen LogP contribution >= 0.6 is 23.1 Å². The van der Waals surface area contributed by atoms with Gasteiger partial charge in [-0.2, -0.15) is 4.73 Å². The summed E-state index contributed by atoms with van der Waals surface area (Å²) in [4.78, 5) is 26.3. The minimum Gasteiger partial charge on any atom is -0.618 e. The van der Waals surface area contributed by atoms with Crippen molar-refractivity contribution in [2.24, 2.45) is 5.92 Å². The summed E-state index contributed by atoms with van der Waals surface area (Å²) in [5, 5.41) is 15.6. The van der Waals surface area contributed by atoms with E-state index in [9.17, 15) is 14.8 Å². The molecular formula is C20H24N2O4S2. The largest absolute Gasteiger partial charge is 0.618 e. The molecular weight excluding hydrogens is 396 g/mol. The molecule has 0 saturated carbocycles. The van der Waals surface area contributed by atoms with E-state index in [1.165, 1.54) is 17.5 Å². The molecule has 1 aliphatic rings. The lowest BCUT2D eigenvalue weighted by molar-refractivity contribution is -0.645. The summed E-state index contributed by atoms with van der Waals surface area (Å²) in [5.41, 5.74) is 1.51. The molecule has 0 bridgehead atoms. The smallest absolute Gasteiger partial charge is 0.341 e. The molecule has 0 aliphatic heterocycles. The Hall–Kier alpha value is -2.06. The lowest BCUT2D eigenvalue weighted by Crippen LogP contribution is -2.28. The highest BCUT2D eigenvalue weighted by atomic mass is 32.2. The first kappa shape index (κ1) is 20.7. The van der Waals surface area contributed by atoms with Crippen molar-refractivity contribution < 1.29 is 19.1 Å². The summed E-state index contributed by atoms with van der Waals surface area (Å²) in [6.07, 6.45) is 3.92. The van der Waals surface area contributed by atoms with Crippen LogP contribution in [-0.2, 0) is 22.4 Å². The fourth-order valence-electron chi connectivity index (χ4n) is 3.15. The predicted molar refractivity (Wildman–Crippen MR) is 111 cm³/mol. The molecule has 150 valence electrons. The van der Waals surface area contributed by atoms with Gasteiger partial charge in [-0.25, -0.2) is 4.79 Å². The number of pyridine rings is 1. The van der Waals surface area contributed by atoms with Gasteiger partial charge in [0.1, 0.15) is 5.00 Å². The van der Waals surface area contributed by atoms with Gasteiger partial charge in [0, 0.05) is 17.0 Å². The van der Waals surface area contributed by atoms with Crippen LogP contribution in [0.1, 0.15) is 48.0 Å². The quantitative estimate of drug-likeness (QED) is 0.333. The predicted octanol–water partition coefficient (Wildman–Crippen LogP) is 3.80. The third kappa shape index (κ3) is 4.86. The van der Waals surface area contributed by atoms with Crippen LogP contribution in [0.2, 0.25) is 0 Å². The number of ether oxygens (including phenoxy) is 1. The minimum atomic E-state index is -0.384. The second kappa shape index (κ2) is 8.96. The van der Waals surface area contributed by atoms with E-state index < -0.39 is 0 Å². The van der Waals surface area contributed by atoms with Gasteiger partial charge in [-0.15, -0.1) is 11.3 Å². The van der Waals surface area contributed by atoms with Crippen molar-refractivity contribution in [3.8, 4) is 0 Å². The van der Waals surface area contributed by atoms with Crippen molar-refractivity contribution >= 4 is 40.0 Å². The molecule has 2 aromatic heterocycles. The van der Waals surface area contributed by atoms with Crippen LogP contribution in [0.15, 0.2) is 29.4 Å². The molecule has 1 atom stereocenters. The summed E-state index contributed by atoms with van der Waals surface area (Å²) in [6.45, 7) is 5.82. The van der Waals surface area contributed by atoms with Crippen LogP contribution in [0, 0.1) is 11.1 Å². The Morgan fingerprint density at radius 1 is 1.43 bits per heavy atom. The Balaban J connectivity index is 1.77. The molecule has 3 rings (SSSR count). The number of thioether (sulfide) groups is 1. The normalized spacial score (nSPS) is 15.9. The van der Waals surface area contributed by atoms with Gasteiger partial charge in [0.2, 0.25) is 5.91 Å². The second-order valence-electron chi connectivity index (χ2n) is 7.21. The number of esters is 1. The number of fused-ring (bicyclic) bond motifs is 1. The first-order valence-corrected chi connectivity index (χ1v) is 11.1. The first-order chi connectivity index (χ1) is 13.3. The van der Waals surface area contributed by atoms with Crippen molar-refractivity contribution in [2.75, 3.05) is 11.1 Å². The fourth-order valence-corrected chi connectivity index (χ4v) is 5.28. The first-order valence-electron chi connectivity index (χ1n) is 9.31. The molecule has 2 heterocycles. The summed E-state index contributed by atoms with van der Waals surface area (Å²) < 4.78 is 6.15. The Kier molecular flexibility index (Phi) is 6.61. The number of nitrogens with one attached hydrogen (secondary N) is 1. The number of anilines is 1. The molecule has 1 amide bonds. The van der Waals surface area contributed by atoms with Gasteiger partial charge in [0.05, 0.1) is 17.4 Å². The van der Waals surface area contributed by atoms with Crippen molar-refractivity contribution in [3.63, 3.8) is 0 Å². The lowest BCUT2D eigenvalue weighted by Gasteiger charge is -2.18. The lowest BCUT2D eigenvalue weighted by atomic mass is 9.88. The number of hydrogen-bond donors (Lipinski definition) is 1. The van der Waals surface area contributed by atoms with Gasteiger partial charge in [0.15, 0.2) is 6.20 Å². The number of aromatic nitrogens is 1. The average Bonchev–Trinajstić information content (AvgIpc) is 2.97. The number of hydrogen-bond acceptors (Lipinski definition) is 6. The van der Waals surface area contributed by atoms with E-state index in [0.717, 1.165) is 46.2 Å². The van der Waals surface area contributed by atoms with E-state index in [0.29, 0.717) is 21.5 Å².